The highest BCUT2D eigenvalue weighted by Crippen LogP contribution is 2.34. The van der Waals surface area contributed by atoms with Crippen molar-refractivity contribution in [3.8, 4) is 0 Å². The van der Waals surface area contributed by atoms with Crippen molar-refractivity contribution in [2.75, 3.05) is 18.6 Å². The Kier molecular flexibility index (Phi) is 4.91. The summed E-state index contributed by atoms with van der Waals surface area (Å²) in [6.45, 7) is 0. The van der Waals surface area contributed by atoms with E-state index in [1.807, 2.05) is 0 Å². The lowest BCUT2D eigenvalue weighted by atomic mass is 9.86. The number of rotatable bonds is 4. The summed E-state index contributed by atoms with van der Waals surface area (Å²) in [4.78, 5) is 16.2. The summed E-state index contributed by atoms with van der Waals surface area (Å²) in [7, 11) is -1.43. The number of hydrogen-bond donors (Lipinski definition) is 2. The van der Waals surface area contributed by atoms with Crippen LogP contribution < -0.4 is 11.1 Å². The summed E-state index contributed by atoms with van der Waals surface area (Å²) in [6, 6.07) is 0.0568. The van der Waals surface area contributed by atoms with Crippen LogP contribution in [0.4, 0.5) is 0 Å². The van der Waals surface area contributed by atoms with Gasteiger partial charge in [0.1, 0.15) is 5.82 Å². The lowest BCUT2D eigenvalue weighted by Crippen LogP contribution is -2.27. The average molecular weight is 355 g/mol. The van der Waals surface area contributed by atoms with Crippen LogP contribution in [-0.2, 0) is 21.1 Å². The SMILES string of the molecule is CNC(=O)Cc1nc(C2CCC(N)CC2)n(C2CCS(=O)(=O)C2)n1. The minimum Gasteiger partial charge on any atom is -0.359 e. The Labute approximate surface area is 142 Å². The molecule has 0 bridgehead atoms. The molecule has 2 heterocycles. The third kappa shape index (κ3) is 3.77. The first-order valence-electron chi connectivity index (χ1n) is 8.50. The van der Waals surface area contributed by atoms with Crippen LogP contribution >= 0.6 is 0 Å². The van der Waals surface area contributed by atoms with E-state index >= 15 is 0 Å². The number of carbonyl (C=O) groups is 1. The van der Waals surface area contributed by atoms with Crippen LogP contribution in [0.5, 0.6) is 0 Å². The van der Waals surface area contributed by atoms with Crippen molar-refractivity contribution in [3.63, 3.8) is 0 Å². The predicted molar refractivity (Wildman–Crippen MR) is 89.3 cm³/mol. The summed E-state index contributed by atoms with van der Waals surface area (Å²) in [5.74, 6) is 1.67. The normalized spacial score (nSPS) is 29.5. The first-order chi connectivity index (χ1) is 11.4. The molecule has 0 spiro atoms. The van der Waals surface area contributed by atoms with Gasteiger partial charge in [-0.05, 0) is 32.1 Å². The van der Waals surface area contributed by atoms with Crippen molar-refractivity contribution in [1.82, 2.24) is 20.1 Å². The van der Waals surface area contributed by atoms with Crippen molar-refractivity contribution >= 4 is 15.7 Å². The second-order valence-corrected chi connectivity index (χ2v) is 9.08. The molecule has 8 nitrogen and oxygen atoms in total. The monoisotopic (exact) mass is 355 g/mol. The van der Waals surface area contributed by atoms with E-state index in [0.717, 1.165) is 31.5 Å². The molecule has 3 rings (SSSR count). The summed E-state index contributed by atoms with van der Waals surface area (Å²) in [5.41, 5.74) is 5.98. The van der Waals surface area contributed by atoms with E-state index in [4.69, 9.17) is 5.73 Å². The number of carbonyl (C=O) groups excluding carboxylic acids is 1. The van der Waals surface area contributed by atoms with E-state index < -0.39 is 9.84 Å². The first-order valence-corrected chi connectivity index (χ1v) is 10.3. The maximum absolute atomic E-state index is 11.8. The zero-order valence-corrected chi connectivity index (χ0v) is 14.8. The van der Waals surface area contributed by atoms with Crippen molar-refractivity contribution in [2.45, 2.75) is 56.5 Å². The maximum atomic E-state index is 11.8. The Bertz CT molecular complexity index is 707. The van der Waals surface area contributed by atoms with Crippen molar-refractivity contribution in [2.24, 2.45) is 5.73 Å². The molecular weight excluding hydrogens is 330 g/mol. The topological polar surface area (TPSA) is 120 Å². The molecule has 1 saturated heterocycles. The molecule has 1 saturated carbocycles. The van der Waals surface area contributed by atoms with Gasteiger partial charge in [-0.3, -0.25) is 4.79 Å². The van der Waals surface area contributed by atoms with Crippen LogP contribution in [0.25, 0.3) is 0 Å². The van der Waals surface area contributed by atoms with Gasteiger partial charge in [0, 0.05) is 19.0 Å². The summed E-state index contributed by atoms with van der Waals surface area (Å²) >= 11 is 0. The highest BCUT2D eigenvalue weighted by molar-refractivity contribution is 7.91. The number of hydrogen-bond acceptors (Lipinski definition) is 6. The molecule has 1 unspecified atom stereocenters. The lowest BCUT2D eigenvalue weighted by molar-refractivity contribution is -0.120. The first kappa shape index (κ1) is 17.3. The van der Waals surface area contributed by atoms with Crippen molar-refractivity contribution in [1.29, 1.82) is 0 Å². The number of amides is 1. The molecule has 0 radical (unpaired) electrons. The van der Waals surface area contributed by atoms with E-state index in [9.17, 15) is 13.2 Å². The van der Waals surface area contributed by atoms with Crippen LogP contribution in [0.3, 0.4) is 0 Å². The van der Waals surface area contributed by atoms with Gasteiger partial charge in [0.15, 0.2) is 15.7 Å². The summed E-state index contributed by atoms with van der Waals surface area (Å²) in [5, 5.41) is 7.06. The Morgan fingerprint density at radius 1 is 1.29 bits per heavy atom. The fraction of sp³-hybridized carbons (Fsp3) is 0.800. The largest absolute Gasteiger partial charge is 0.359 e. The molecule has 134 valence electrons. The van der Waals surface area contributed by atoms with Crippen LogP contribution in [0, 0.1) is 0 Å². The van der Waals surface area contributed by atoms with E-state index in [1.165, 1.54) is 0 Å². The molecule has 1 amide bonds. The van der Waals surface area contributed by atoms with Gasteiger partial charge >= 0.3 is 0 Å². The molecule has 1 aliphatic carbocycles. The number of nitrogens with one attached hydrogen (secondary N) is 1. The third-order valence-corrected chi connectivity index (χ3v) is 6.74. The smallest absolute Gasteiger partial charge is 0.227 e. The van der Waals surface area contributed by atoms with Gasteiger partial charge in [-0.1, -0.05) is 0 Å². The molecule has 1 atom stereocenters. The molecule has 0 aromatic carbocycles. The number of likely N-dealkylation sites (N-methyl/N-ethyl adjacent to an activating group) is 1. The van der Waals surface area contributed by atoms with Crippen LogP contribution in [0.1, 0.15) is 55.7 Å². The fourth-order valence-corrected chi connectivity index (χ4v) is 5.27. The van der Waals surface area contributed by atoms with Crippen LogP contribution in [-0.4, -0.2) is 53.7 Å². The van der Waals surface area contributed by atoms with Crippen LogP contribution in [0.2, 0.25) is 0 Å². The van der Waals surface area contributed by atoms with Gasteiger partial charge in [-0.25, -0.2) is 18.1 Å². The predicted octanol–water partition coefficient (Wildman–Crippen LogP) is -0.0889. The van der Waals surface area contributed by atoms with E-state index in [2.05, 4.69) is 15.4 Å². The van der Waals surface area contributed by atoms with E-state index in [1.54, 1.807) is 11.7 Å². The van der Waals surface area contributed by atoms with Gasteiger partial charge < -0.3 is 11.1 Å². The minimum absolute atomic E-state index is 0.106. The molecule has 24 heavy (non-hydrogen) atoms. The number of sulfone groups is 1. The van der Waals surface area contributed by atoms with Crippen LogP contribution in [0.15, 0.2) is 0 Å². The minimum atomic E-state index is -3.01. The number of nitrogens with zero attached hydrogens (tertiary/aromatic N) is 3. The summed E-state index contributed by atoms with van der Waals surface area (Å²) < 4.78 is 25.4. The zero-order valence-electron chi connectivity index (χ0n) is 13.9. The molecule has 2 fully saturated rings. The molecular formula is C15H25N5O3S. The Morgan fingerprint density at radius 2 is 2.00 bits per heavy atom. The van der Waals surface area contributed by atoms with E-state index in [-0.39, 0.29) is 41.8 Å². The quantitative estimate of drug-likeness (QED) is 0.779. The standard InChI is InChI=1S/C15H25N5O3S/c1-17-14(21)8-13-18-15(10-2-4-11(16)5-3-10)20(19-13)12-6-7-24(22,23)9-12/h10-12H,2-9,16H2,1H3,(H,17,21). The fourth-order valence-electron chi connectivity index (χ4n) is 3.58. The Balaban J connectivity index is 1.88. The summed E-state index contributed by atoms with van der Waals surface area (Å²) in [6.07, 6.45) is 4.40. The second-order valence-electron chi connectivity index (χ2n) is 6.85. The molecule has 3 N–H and O–H groups in total. The Morgan fingerprint density at radius 3 is 2.58 bits per heavy atom. The van der Waals surface area contributed by atoms with E-state index in [0.29, 0.717) is 12.2 Å². The Hall–Kier alpha value is -1.48. The average Bonchev–Trinajstić information content (AvgIpc) is 3.11. The second kappa shape index (κ2) is 6.79. The molecule has 1 aromatic rings. The lowest BCUT2D eigenvalue weighted by Gasteiger charge is -2.26. The molecule has 1 aromatic heterocycles. The molecule has 9 heteroatoms. The number of aromatic nitrogens is 3. The molecule has 2 aliphatic rings. The van der Waals surface area contributed by atoms with Gasteiger partial charge in [-0.2, -0.15) is 5.10 Å². The molecule has 1 aliphatic heterocycles. The van der Waals surface area contributed by atoms with Gasteiger partial charge in [0.05, 0.1) is 24.0 Å². The number of nitrogens with two attached hydrogens (primary N) is 1. The van der Waals surface area contributed by atoms with Crippen molar-refractivity contribution in [3.05, 3.63) is 11.6 Å². The zero-order chi connectivity index (χ0) is 17.3. The van der Waals surface area contributed by atoms with Gasteiger partial charge in [0.25, 0.3) is 0 Å². The van der Waals surface area contributed by atoms with Crippen molar-refractivity contribution < 1.29 is 13.2 Å². The van der Waals surface area contributed by atoms with Gasteiger partial charge in [-0.15, -0.1) is 0 Å². The third-order valence-electron chi connectivity index (χ3n) is 4.99. The maximum Gasteiger partial charge on any atom is 0.227 e. The highest BCUT2D eigenvalue weighted by atomic mass is 32.2. The van der Waals surface area contributed by atoms with Gasteiger partial charge in [0.2, 0.25) is 5.91 Å². The highest BCUT2D eigenvalue weighted by Gasteiger charge is 2.34.